The van der Waals surface area contributed by atoms with E-state index in [1.54, 1.807) is 12.3 Å². The number of aryl methyl sites for hydroxylation is 2. The minimum atomic E-state index is 0.00324. The number of nitrogens with one attached hydrogen (secondary N) is 2. The lowest BCUT2D eigenvalue weighted by Gasteiger charge is -2.02. The molecule has 1 amide bonds. The molecule has 0 spiro atoms. The van der Waals surface area contributed by atoms with Gasteiger partial charge in [0.25, 0.3) is 0 Å². The lowest BCUT2D eigenvalue weighted by atomic mass is 10.1. The van der Waals surface area contributed by atoms with Gasteiger partial charge < -0.3 is 14.7 Å². The summed E-state index contributed by atoms with van der Waals surface area (Å²) in [6.07, 6.45) is 2.00. The van der Waals surface area contributed by atoms with E-state index in [-0.39, 0.29) is 5.91 Å². The molecule has 0 aliphatic heterocycles. The lowest BCUT2D eigenvalue weighted by molar-refractivity contribution is -0.120. The van der Waals surface area contributed by atoms with E-state index in [0.717, 1.165) is 22.7 Å². The molecular formula is C13H16N2O2. The van der Waals surface area contributed by atoms with Crippen molar-refractivity contribution in [2.75, 3.05) is 0 Å². The first kappa shape index (κ1) is 11.5. The van der Waals surface area contributed by atoms with Crippen LogP contribution in [-0.2, 0) is 17.8 Å². The van der Waals surface area contributed by atoms with Crippen LogP contribution in [0.2, 0.25) is 0 Å². The number of hydrogen-bond acceptors (Lipinski definition) is 2. The van der Waals surface area contributed by atoms with E-state index < -0.39 is 0 Å². The average Bonchev–Trinajstić information content (AvgIpc) is 2.87. The first-order valence-corrected chi connectivity index (χ1v) is 5.59. The summed E-state index contributed by atoms with van der Waals surface area (Å²) in [5.41, 5.74) is 3.17. The van der Waals surface area contributed by atoms with Crippen LogP contribution in [0.5, 0.6) is 0 Å². The second-order valence-corrected chi connectivity index (χ2v) is 4.14. The molecule has 2 heterocycles. The Hall–Kier alpha value is -1.97. The highest BCUT2D eigenvalue weighted by molar-refractivity contribution is 5.78. The summed E-state index contributed by atoms with van der Waals surface area (Å²) in [4.78, 5) is 14.9. The number of H-pyrrole nitrogens is 1. The van der Waals surface area contributed by atoms with Gasteiger partial charge in [0, 0.05) is 11.4 Å². The Morgan fingerprint density at radius 3 is 2.88 bits per heavy atom. The Morgan fingerprint density at radius 1 is 1.47 bits per heavy atom. The molecule has 0 unspecified atom stereocenters. The predicted octanol–water partition coefficient (Wildman–Crippen LogP) is 2.08. The molecule has 0 aromatic carbocycles. The van der Waals surface area contributed by atoms with Crippen LogP contribution in [0.15, 0.2) is 28.9 Å². The Balaban J connectivity index is 1.87. The molecule has 0 saturated carbocycles. The molecule has 2 rings (SSSR count). The van der Waals surface area contributed by atoms with Crippen molar-refractivity contribution in [3.8, 4) is 0 Å². The minimum absolute atomic E-state index is 0.00324. The maximum absolute atomic E-state index is 11.7. The topological polar surface area (TPSA) is 58.0 Å². The highest BCUT2D eigenvalue weighted by Gasteiger charge is 2.08. The largest absolute Gasteiger partial charge is 0.467 e. The second-order valence-electron chi connectivity index (χ2n) is 4.14. The molecule has 0 radical (unpaired) electrons. The number of rotatable bonds is 4. The Kier molecular flexibility index (Phi) is 3.32. The van der Waals surface area contributed by atoms with Crippen molar-refractivity contribution in [3.05, 3.63) is 47.2 Å². The van der Waals surface area contributed by atoms with Crippen molar-refractivity contribution in [2.24, 2.45) is 0 Å². The summed E-state index contributed by atoms with van der Waals surface area (Å²) in [6, 6.07) is 5.65. The molecule has 2 aromatic rings. The van der Waals surface area contributed by atoms with E-state index in [0.29, 0.717) is 13.0 Å². The first-order valence-electron chi connectivity index (χ1n) is 5.59. The van der Waals surface area contributed by atoms with Gasteiger partial charge >= 0.3 is 0 Å². The number of carbonyl (C=O) groups is 1. The monoisotopic (exact) mass is 232 g/mol. The van der Waals surface area contributed by atoms with Gasteiger partial charge in [-0.3, -0.25) is 4.79 Å². The minimum Gasteiger partial charge on any atom is -0.467 e. The van der Waals surface area contributed by atoms with E-state index in [1.165, 1.54) is 0 Å². The van der Waals surface area contributed by atoms with Crippen LogP contribution in [0.1, 0.15) is 22.7 Å². The number of furan rings is 1. The highest BCUT2D eigenvalue weighted by atomic mass is 16.3. The van der Waals surface area contributed by atoms with Gasteiger partial charge in [0.2, 0.25) is 5.91 Å². The fraction of sp³-hybridized carbons (Fsp3) is 0.308. The first-order chi connectivity index (χ1) is 8.15. The maximum Gasteiger partial charge on any atom is 0.224 e. The number of amides is 1. The zero-order valence-electron chi connectivity index (χ0n) is 10.0. The van der Waals surface area contributed by atoms with E-state index in [2.05, 4.69) is 10.3 Å². The molecule has 0 saturated heterocycles. The number of aromatic amines is 1. The van der Waals surface area contributed by atoms with Crippen molar-refractivity contribution >= 4 is 5.91 Å². The smallest absolute Gasteiger partial charge is 0.224 e. The zero-order chi connectivity index (χ0) is 12.3. The van der Waals surface area contributed by atoms with Crippen molar-refractivity contribution in [1.82, 2.24) is 10.3 Å². The van der Waals surface area contributed by atoms with Crippen LogP contribution in [0, 0.1) is 13.8 Å². The maximum atomic E-state index is 11.7. The van der Waals surface area contributed by atoms with Gasteiger partial charge in [0.05, 0.1) is 19.2 Å². The number of hydrogen-bond donors (Lipinski definition) is 2. The van der Waals surface area contributed by atoms with Crippen LogP contribution in [0.4, 0.5) is 0 Å². The second kappa shape index (κ2) is 4.91. The third-order valence-electron chi connectivity index (χ3n) is 2.65. The van der Waals surface area contributed by atoms with Gasteiger partial charge in [-0.15, -0.1) is 0 Å². The van der Waals surface area contributed by atoms with Gasteiger partial charge in [0.15, 0.2) is 0 Å². The Morgan fingerprint density at radius 2 is 2.29 bits per heavy atom. The predicted molar refractivity (Wildman–Crippen MR) is 64.5 cm³/mol. The third kappa shape index (κ3) is 3.00. The quantitative estimate of drug-likeness (QED) is 0.848. The summed E-state index contributed by atoms with van der Waals surface area (Å²) < 4.78 is 5.14. The van der Waals surface area contributed by atoms with Gasteiger partial charge in [-0.25, -0.2) is 0 Å². The summed E-state index contributed by atoms with van der Waals surface area (Å²) in [5.74, 6) is 0.767. The van der Waals surface area contributed by atoms with Crippen molar-refractivity contribution in [3.63, 3.8) is 0 Å². The fourth-order valence-corrected chi connectivity index (χ4v) is 1.80. The highest BCUT2D eigenvalue weighted by Crippen LogP contribution is 2.10. The van der Waals surface area contributed by atoms with E-state index in [9.17, 15) is 4.79 Å². The summed E-state index contributed by atoms with van der Waals surface area (Å²) >= 11 is 0. The fourth-order valence-electron chi connectivity index (χ4n) is 1.80. The molecule has 0 fully saturated rings. The molecule has 0 aliphatic rings. The van der Waals surface area contributed by atoms with Crippen LogP contribution in [0.3, 0.4) is 0 Å². The summed E-state index contributed by atoms with van der Waals surface area (Å²) in [7, 11) is 0. The molecule has 17 heavy (non-hydrogen) atoms. The summed E-state index contributed by atoms with van der Waals surface area (Å²) in [5, 5.41) is 2.82. The van der Waals surface area contributed by atoms with Crippen LogP contribution < -0.4 is 5.32 Å². The Labute approximate surface area is 100 Å². The van der Waals surface area contributed by atoms with Gasteiger partial charge in [-0.1, -0.05) is 0 Å². The molecule has 0 aliphatic carbocycles. The standard InChI is InChI=1S/C13H16N2O2/c1-9-6-11(10(2)15-9)7-13(16)14-8-12-4-3-5-17-12/h3-6,15H,7-8H2,1-2H3,(H,14,16). The van der Waals surface area contributed by atoms with Crippen LogP contribution in [0.25, 0.3) is 0 Å². The Bertz CT molecular complexity index is 497. The van der Waals surface area contributed by atoms with Gasteiger partial charge in [-0.05, 0) is 37.6 Å². The molecule has 90 valence electrons. The van der Waals surface area contributed by atoms with Gasteiger partial charge in [-0.2, -0.15) is 0 Å². The van der Waals surface area contributed by atoms with E-state index in [1.807, 2.05) is 26.0 Å². The number of carbonyl (C=O) groups excluding carboxylic acids is 1. The van der Waals surface area contributed by atoms with Crippen molar-refractivity contribution in [2.45, 2.75) is 26.8 Å². The molecule has 2 N–H and O–H groups in total. The molecule has 0 bridgehead atoms. The number of aromatic nitrogens is 1. The summed E-state index contributed by atoms with van der Waals surface area (Å²) in [6.45, 7) is 4.40. The van der Waals surface area contributed by atoms with Crippen LogP contribution in [-0.4, -0.2) is 10.9 Å². The van der Waals surface area contributed by atoms with Crippen LogP contribution >= 0.6 is 0 Å². The van der Waals surface area contributed by atoms with Crippen molar-refractivity contribution in [1.29, 1.82) is 0 Å². The SMILES string of the molecule is Cc1cc(CC(=O)NCc2ccco2)c(C)[nH]1. The van der Waals surface area contributed by atoms with Crippen molar-refractivity contribution < 1.29 is 9.21 Å². The molecule has 4 heteroatoms. The lowest BCUT2D eigenvalue weighted by Crippen LogP contribution is -2.24. The molecule has 0 atom stereocenters. The van der Waals surface area contributed by atoms with E-state index in [4.69, 9.17) is 4.42 Å². The van der Waals surface area contributed by atoms with E-state index >= 15 is 0 Å². The molecule has 2 aromatic heterocycles. The van der Waals surface area contributed by atoms with Gasteiger partial charge in [0.1, 0.15) is 5.76 Å². The normalized spacial score (nSPS) is 10.5. The third-order valence-corrected chi connectivity index (χ3v) is 2.65. The molecular weight excluding hydrogens is 216 g/mol. The molecule has 4 nitrogen and oxygen atoms in total. The zero-order valence-corrected chi connectivity index (χ0v) is 10.0. The average molecular weight is 232 g/mol.